The lowest BCUT2D eigenvalue weighted by molar-refractivity contribution is 0.104. The number of benzene rings is 2. The van der Waals surface area contributed by atoms with Gasteiger partial charge in [0.15, 0.2) is 0 Å². The lowest BCUT2D eigenvalue weighted by atomic mass is 10.1. The second-order valence-corrected chi connectivity index (χ2v) is 5.70. The van der Waals surface area contributed by atoms with Crippen molar-refractivity contribution in [3.05, 3.63) is 87.0 Å². The fraction of sp³-hybridized carbons (Fsp3) is 0.0588. The molecular weight excluding hydrogens is 282 g/mol. The molecule has 0 atom stereocenters. The van der Waals surface area contributed by atoms with Crippen molar-refractivity contribution in [3.8, 4) is 5.69 Å². The third-order valence-corrected chi connectivity index (χ3v) is 4.30. The van der Waals surface area contributed by atoms with Crippen molar-refractivity contribution < 1.29 is 4.79 Å². The summed E-state index contributed by atoms with van der Waals surface area (Å²) >= 11 is 1.18. The summed E-state index contributed by atoms with van der Waals surface area (Å²) in [6.07, 6.45) is 0. The molecule has 104 valence electrons. The molecular formula is C17H13NO2S. The van der Waals surface area contributed by atoms with Crippen LogP contribution in [0, 0.1) is 6.92 Å². The number of nitrogens with zero attached hydrogens (tertiary/aromatic N) is 1. The van der Waals surface area contributed by atoms with Gasteiger partial charge in [-0.05, 0) is 30.1 Å². The first-order valence-corrected chi connectivity index (χ1v) is 7.33. The van der Waals surface area contributed by atoms with Crippen LogP contribution in [0.1, 0.15) is 20.8 Å². The summed E-state index contributed by atoms with van der Waals surface area (Å²) in [4.78, 5) is 25.0. The average Bonchev–Trinajstić information content (AvgIpc) is 2.90. The van der Waals surface area contributed by atoms with Crippen LogP contribution in [0.5, 0.6) is 0 Å². The Kier molecular flexibility index (Phi) is 3.54. The summed E-state index contributed by atoms with van der Waals surface area (Å²) in [7, 11) is 0. The number of para-hydroxylation sites is 1. The average molecular weight is 295 g/mol. The molecule has 3 rings (SSSR count). The van der Waals surface area contributed by atoms with E-state index >= 15 is 0 Å². The molecule has 4 heteroatoms. The summed E-state index contributed by atoms with van der Waals surface area (Å²) in [5.74, 6) is -0.120. The minimum Gasteiger partial charge on any atom is -0.288 e. The molecule has 0 aliphatic heterocycles. The largest absolute Gasteiger partial charge is 0.288 e. The van der Waals surface area contributed by atoms with Crippen LogP contribution in [-0.4, -0.2) is 9.74 Å². The molecule has 1 heterocycles. The van der Waals surface area contributed by atoms with Gasteiger partial charge in [0.25, 0.3) is 5.56 Å². The number of aryl methyl sites for hydroxylation is 1. The summed E-state index contributed by atoms with van der Waals surface area (Å²) in [5, 5.41) is 0. The highest BCUT2D eigenvalue weighted by Gasteiger charge is 2.15. The van der Waals surface area contributed by atoms with Gasteiger partial charge in [-0.1, -0.05) is 48.5 Å². The molecule has 0 aliphatic rings. The van der Waals surface area contributed by atoms with E-state index in [1.165, 1.54) is 17.6 Å². The van der Waals surface area contributed by atoms with E-state index in [1.807, 2.05) is 49.4 Å². The Morgan fingerprint density at radius 3 is 2.38 bits per heavy atom. The number of hydrogen-bond acceptors (Lipinski definition) is 3. The van der Waals surface area contributed by atoms with Crippen LogP contribution in [0.3, 0.4) is 0 Å². The van der Waals surface area contributed by atoms with Crippen LogP contribution < -0.4 is 5.56 Å². The second kappa shape index (κ2) is 5.50. The van der Waals surface area contributed by atoms with Gasteiger partial charge < -0.3 is 0 Å². The summed E-state index contributed by atoms with van der Waals surface area (Å²) in [6, 6.07) is 18.0. The van der Waals surface area contributed by atoms with Gasteiger partial charge in [0, 0.05) is 11.6 Å². The number of rotatable bonds is 3. The lowest BCUT2D eigenvalue weighted by Crippen LogP contribution is -2.10. The van der Waals surface area contributed by atoms with Crippen molar-refractivity contribution in [1.82, 2.24) is 3.96 Å². The molecule has 0 amide bonds. The predicted octanol–water partition coefficient (Wildman–Crippen LogP) is 3.44. The molecule has 0 bridgehead atoms. The minimum atomic E-state index is -0.173. The van der Waals surface area contributed by atoms with E-state index in [1.54, 1.807) is 16.1 Å². The molecule has 3 aromatic rings. The van der Waals surface area contributed by atoms with Crippen molar-refractivity contribution in [1.29, 1.82) is 0 Å². The number of carbonyl (C=O) groups is 1. The number of carbonyl (C=O) groups excluding carboxylic acids is 1. The van der Waals surface area contributed by atoms with Gasteiger partial charge in [-0.3, -0.25) is 9.59 Å². The third-order valence-electron chi connectivity index (χ3n) is 3.24. The quantitative estimate of drug-likeness (QED) is 0.694. The number of aromatic nitrogens is 1. The topological polar surface area (TPSA) is 39.1 Å². The maximum absolute atomic E-state index is 12.4. The smallest absolute Gasteiger partial charge is 0.266 e. The zero-order chi connectivity index (χ0) is 14.8. The summed E-state index contributed by atoms with van der Waals surface area (Å²) in [6.45, 7) is 1.94. The van der Waals surface area contributed by atoms with Crippen LogP contribution in [0.2, 0.25) is 0 Å². The Hall–Kier alpha value is -2.46. The van der Waals surface area contributed by atoms with E-state index in [4.69, 9.17) is 0 Å². The van der Waals surface area contributed by atoms with Crippen LogP contribution in [0.15, 0.2) is 65.5 Å². The van der Waals surface area contributed by atoms with Gasteiger partial charge in [0.05, 0.1) is 10.6 Å². The number of ketones is 1. The molecule has 0 saturated carbocycles. The van der Waals surface area contributed by atoms with E-state index in [0.29, 0.717) is 10.4 Å². The van der Waals surface area contributed by atoms with Gasteiger partial charge in [-0.2, -0.15) is 0 Å². The Morgan fingerprint density at radius 2 is 1.67 bits per heavy atom. The zero-order valence-corrected chi connectivity index (χ0v) is 12.3. The van der Waals surface area contributed by atoms with E-state index in [2.05, 4.69) is 0 Å². The van der Waals surface area contributed by atoms with Crippen LogP contribution in [0.25, 0.3) is 5.69 Å². The van der Waals surface area contributed by atoms with Crippen molar-refractivity contribution >= 4 is 17.3 Å². The second-order valence-electron chi connectivity index (χ2n) is 4.71. The molecule has 2 aromatic carbocycles. The first-order valence-electron chi connectivity index (χ1n) is 6.56. The molecule has 3 nitrogen and oxygen atoms in total. The van der Waals surface area contributed by atoms with E-state index < -0.39 is 0 Å². The Labute approximate surface area is 126 Å². The molecule has 0 unspecified atom stereocenters. The summed E-state index contributed by atoms with van der Waals surface area (Å²) < 4.78 is 1.56. The third kappa shape index (κ3) is 2.58. The fourth-order valence-corrected chi connectivity index (χ4v) is 3.14. The standard InChI is InChI=1S/C17H13NO2S/c1-12-7-5-6-10-14(12)18-16(19)11-15(21-18)17(20)13-8-3-2-4-9-13/h2-11H,1H3. The van der Waals surface area contributed by atoms with Gasteiger partial charge in [0.1, 0.15) is 0 Å². The van der Waals surface area contributed by atoms with Gasteiger partial charge in [-0.15, -0.1) is 0 Å². The zero-order valence-electron chi connectivity index (χ0n) is 11.4. The minimum absolute atomic E-state index is 0.120. The lowest BCUT2D eigenvalue weighted by Gasteiger charge is -2.03. The molecule has 0 spiro atoms. The van der Waals surface area contributed by atoms with Crippen molar-refractivity contribution in [2.45, 2.75) is 6.92 Å². The molecule has 21 heavy (non-hydrogen) atoms. The van der Waals surface area contributed by atoms with Crippen molar-refractivity contribution in [3.63, 3.8) is 0 Å². The first-order chi connectivity index (χ1) is 10.2. The highest BCUT2D eigenvalue weighted by atomic mass is 32.1. The van der Waals surface area contributed by atoms with Crippen LogP contribution >= 0.6 is 11.5 Å². The summed E-state index contributed by atoms with van der Waals surface area (Å²) in [5.41, 5.74) is 2.24. The highest BCUT2D eigenvalue weighted by molar-refractivity contribution is 7.09. The molecule has 0 radical (unpaired) electrons. The SMILES string of the molecule is Cc1ccccc1-n1sc(C(=O)c2ccccc2)cc1=O. The van der Waals surface area contributed by atoms with E-state index in [9.17, 15) is 9.59 Å². The number of hydrogen-bond donors (Lipinski definition) is 0. The predicted molar refractivity (Wildman–Crippen MR) is 84.5 cm³/mol. The Bertz CT molecular complexity index is 846. The molecule has 0 fully saturated rings. The normalized spacial score (nSPS) is 10.5. The highest BCUT2D eigenvalue weighted by Crippen LogP contribution is 2.19. The Morgan fingerprint density at radius 1 is 1.00 bits per heavy atom. The van der Waals surface area contributed by atoms with Crippen LogP contribution in [0.4, 0.5) is 0 Å². The van der Waals surface area contributed by atoms with Crippen molar-refractivity contribution in [2.75, 3.05) is 0 Å². The molecule has 1 aromatic heterocycles. The first kappa shape index (κ1) is 13.5. The van der Waals surface area contributed by atoms with Gasteiger partial charge >= 0.3 is 0 Å². The molecule has 0 aliphatic carbocycles. The molecule has 0 N–H and O–H groups in total. The molecule has 0 saturated heterocycles. The van der Waals surface area contributed by atoms with Crippen LogP contribution in [-0.2, 0) is 0 Å². The fourth-order valence-electron chi connectivity index (χ4n) is 2.14. The Balaban J connectivity index is 2.05. The van der Waals surface area contributed by atoms with Crippen molar-refractivity contribution in [2.24, 2.45) is 0 Å². The van der Waals surface area contributed by atoms with E-state index in [0.717, 1.165) is 11.3 Å². The monoisotopic (exact) mass is 295 g/mol. The maximum atomic E-state index is 12.4. The van der Waals surface area contributed by atoms with Gasteiger partial charge in [-0.25, -0.2) is 3.96 Å². The maximum Gasteiger partial charge on any atom is 0.266 e. The van der Waals surface area contributed by atoms with Gasteiger partial charge in [0.2, 0.25) is 5.78 Å². The van der Waals surface area contributed by atoms with E-state index in [-0.39, 0.29) is 11.3 Å².